The van der Waals surface area contributed by atoms with Gasteiger partial charge in [0.05, 0.1) is 16.4 Å². The van der Waals surface area contributed by atoms with Crippen molar-refractivity contribution in [2.75, 3.05) is 0 Å². The second-order valence-corrected chi connectivity index (χ2v) is 6.68. The van der Waals surface area contributed by atoms with Crippen LogP contribution in [0.25, 0.3) is 11.0 Å². The fraction of sp³-hybridized carbons (Fsp3) is 0.235. The van der Waals surface area contributed by atoms with E-state index in [0.29, 0.717) is 0 Å². The van der Waals surface area contributed by atoms with Gasteiger partial charge in [-0.2, -0.15) is 0 Å². The summed E-state index contributed by atoms with van der Waals surface area (Å²) >= 11 is 9.80. The highest BCUT2D eigenvalue weighted by atomic mass is 79.9. The summed E-state index contributed by atoms with van der Waals surface area (Å²) in [6.45, 7) is 2.85. The van der Waals surface area contributed by atoms with Crippen LogP contribution in [0.15, 0.2) is 53.0 Å². The molecular weight excluding hydrogens is 348 g/mol. The number of rotatable bonds is 4. The van der Waals surface area contributed by atoms with Gasteiger partial charge < -0.3 is 4.57 Å². The SMILES string of the molecule is CC(Cl)c1nc2cc(Br)ccc2n1CCc1ccccc1. The Morgan fingerprint density at radius 1 is 1.19 bits per heavy atom. The molecule has 1 atom stereocenters. The number of imidazole rings is 1. The maximum atomic E-state index is 6.31. The number of halogens is 2. The van der Waals surface area contributed by atoms with E-state index in [1.54, 1.807) is 0 Å². The standard InChI is InChI=1S/C17H16BrClN2/c1-12(19)17-20-15-11-14(18)7-8-16(15)21(17)10-9-13-5-3-2-4-6-13/h2-8,11-12H,9-10H2,1H3. The summed E-state index contributed by atoms with van der Waals surface area (Å²) in [6.07, 6.45) is 0.971. The smallest absolute Gasteiger partial charge is 0.127 e. The Morgan fingerprint density at radius 2 is 1.95 bits per heavy atom. The zero-order valence-electron chi connectivity index (χ0n) is 11.8. The number of nitrogens with zero attached hydrogens (tertiary/aromatic N) is 2. The molecule has 21 heavy (non-hydrogen) atoms. The number of aryl methyl sites for hydroxylation is 2. The lowest BCUT2D eigenvalue weighted by atomic mass is 10.1. The molecule has 0 amide bonds. The lowest BCUT2D eigenvalue weighted by Gasteiger charge is -2.10. The van der Waals surface area contributed by atoms with Crippen molar-refractivity contribution in [2.24, 2.45) is 0 Å². The molecule has 108 valence electrons. The van der Waals surface area contributed by atoms with Gasteiger partial charge in [-0.05, 0) is 37.1 Å². The Hall–Kier alpha value is -1.32. The van der Waals surface area contributed by atoms with Gasteiger partial charge in [-0.3, -0.25) is 0 Å². The summed E-state index contributed by atoms with van der Waals surface area (Å²) in [7, 11) is 0. The third-order valence-corrected chi connectivity index (χ3v) is 4.25. The second-order valence-electron chi connectivity index (χ2n) is 5.11. The molecule has 3 rings (SSSR count). The molecule has 4 heteroatoms. The highest BCUT2D eigenvalue weighted by Crippen LogP contribution is 2.27. The van der Waals surface area contributed by atoms with Crippen LogP contribution in [-0.2, 0) is 13.0 Å². The lowest BCUT2D eigenvalue weighted by molar-refractivity contribution is 0.668. The van der Waals surface area contributed by atoms with Gasteiger partial charge in [-0.25, -0.2) is 4.98 Å². The van der Waals surface area contributed by atoms with Crippen molar-refractivity contribution >= 4 is 38.6 Å². The molecule has 1 heterocycles. The maximum absolute atomic E-state index is 6.31. The third-order valence-electron chi connectivity index (χ3n) is 3.56. The molecule has 0 saturated heterocycles. The molecule has 0 N–H and O–H groups in total. The Labute approximate surface area is 137 Å². The topological polar surface area (TPSA) is 17.8 Å². The molecule has 0 radical (unpaired) electrons. The van der Waals surface area contributed by atoms with Crippen molar-refractivity contribution in [3.63, 3.8) is 0 Å². The monoisotopic (exact) mass is 362 g/mol. The van der Waals surface area contributed by atoms with E-state index in [4.69, 9.17) is 11.6 Å². The minimum absolute atomic E-state index is 0.105. The van der Waals surface area contributed by atoms with Crippen LogP contribution in [0.2, 0.25) is 0 Å². The van der Waals surface area contributed by atoms with Crippen molar-refractivity contribution in [3.05, 3.63) is 64.4 Å². The molecule has 0 aliphatic carbocycles. The van der Waals surface area contributed by atoms with Crippen LogP contribution in [0, 0.1) is 0 Å². The maximum Gasteiger partial charge on any atom is 0.127 e. The molecule has 2 aromatic carbocycles. The Bertz CT molecular complexity index is 750. The number of hydrogen-bond acceptors (Lipinski definition) is 1. The summed E-state index contributed by atoms with van der Waals surface area (Å²) < 4.78 is 3.27. The van der Waals surface area contributed by atoms with Crippen LogP contribution in [0.5, 0.6) is 0 Å². The van der Waals surface area contributed by atoms with E-state index >= 15 is 0 Å². The van der Waals surface area contributed by atoms with E-state index in [-0.39, 0.29) is 5.38 Å². The molecule has 0 bridgehead atoms. The van der Waals surface area contributed by atoms with Crippen molar-refractivity contribution in [1.82, 2.24) is 9.55 Å². The zero-order chi connectivity index (χ0) is 14.8. The Morgan fingerprint density at radius 3 is 2.67 bits per heavy atom. The fourth-order valence-electron chi connectivity index (χ4n) is 2.55. The average molecular weight is 364 g/mol. The molecular formula is C17H16BrClN2. The first-order valence-corrected chi connectivity index (χ1v) is 8.22. The quantitative estimate of drug-likeness (QED) is 0.572. The van der Waals surface area contributed by atoms with Gasteiger partial charge in [-0.15, -0.1) is 11.6 Å². The summed E-state index contributed by atoms with van der Waals surface area (Å²) in [5, 5.41) is -0.105. The van der Waals surface area contributed by atoms with E-state index in [1.165, 1.54) is 5.56 Å². The third kappa shape index (κ3) is 3.14. The average Bonchev–Trinajstić information content (AvgIpc) is 2.84. The predicted molar refractivity (Wildman–Crippen MR) is 91.8 cm³/mol. The number of benzene rings is 2. The van der Waals surface area contributed by atoms with Gasteiger partial charge in [0.1, 0.15) is 5.82 Å². The minimum atomic E-state index is -0.105. The molecule has 2 nitrogen and oxygen atoms in total. The number of hydrogen-bond donors (Lipinski definition) is 0. The summed E-state index contributed by atoms with van der Waals surface area (Å²) in [6, 6.07) is 16.7. The Kier molecular flexibility index (Phi) is 4.32. The molecule has 1 unspecified atom stereocenters. The van der Waals surface area contributed by atoms with Crippen molar-refractivity contribution in [1.29, 1.82) is 0 Å². The molecule has 0 fully saturated rings. The molecule has 0 aliphatic heterocycles. The van der Waals surface area contributed by atoms with Gasteiger partial charge in [0.15, 0.2) is 0 Å². The van der Waals surface area contributed by atoms with Crippen LogP contribution < -0.4 is 0 Å². The first-order chi connectivity index (χ1) is 10.1. The van der Waals surface area contributed by atoms with Crippen molar-refractivity contribution in [2.45, 2.75) is 25.3 Å². The molecule has 0 spiro atoms. The van der Waals surface area contributed by atoms with Crippen LogP contribution in [0.4, 0.5) is 0 Å². The van der Waals surface area contributed by atoms with Crippen molar-refractivity contribution in [3.8, 4) is 0 Å². The van der Waals surface area contributed by atoms with E-state index in [2.05, 4.69) is 55.8 Å². The molecule has 1 aromatic heterocycles. The number of aromatic nitrogens is 2. The van der Waals surface area contributed by atoms with Gasteiger partial charge in [0.2, 0.25) is 0 Å². The minimum Gasteiger partial charge on any atom is -0.326 e. The fourth-order valence-corrected chi connectivity index (χ4v) is 3.06. The van der Waals surface area contributed by atoms with Crippen LogP contribution in [0.3, 0.4) is 0 Å². The van der Waals surface area contributed by atoms with E-state index in [1.807, 2.05) is 25.1 Å². The van der Waals surface area contributed by atoms with Crippen molar-refractivity contribution < 1.29 is 0 Å². The summed E-state index contributed by atoms with van der Waals surface area (Å²) in [5.41, 5.74) is 3.45. The number of fused-ring (bicyclic) bond motifs is 1. The number of alkyl halides is 1. The summed E-state index contributed by atoms with van der Waals surface area (Å²) in [5.74, 6) is 0.931. The van der Waals surface area contributed by atoms with E-state index < -0.39 is 0 Å². The van der Waals surface area contributed by atoms with E-state index in [9.17, 15) is 0 Å². The zero-order valence-corrected chi connectivity index (χ0v) is 14.1. The predicted octanol–water partition coefficient (Wildman–Crippen LogP) is 5.34. The first-order valence-electron chi connectivity index (χ1n) is 6.99. The van der Waals surface area contributed by atoms with Crippen LogP contribution >= 0.6 is 27.5 Å². The van der Waals surface area contributed by atoms with Crippen LogP contribution in [-0.4, -0.2) is 9.55 Å². The van der Waals surface area contributed by atoms with Gasteiger partial charge in [0.25, 0.3) is 0 Å². The van der Waals surface area contributed by atoms with Gasteiger partial charge in [-0.1, -0.05) is 46.3 Å². The van der Waals surface area contributed by atoms with Gasteiger partial charge in [0, 0.05) is 11.0 Å². The highest BCUT2D eigenvalue weighted by Gasteiger charge is 2.14. The second kappa shape index (κ2) is 6.20. The molecule has 0 aliphatic rings. The molecule has 3 aromatic rings. The molecule has 0 saturated carbocycles. The largest absolute Gasteiger partial charge is 0.326 e. The van der Waals surface area contributed by atoms with Gasteiger partial charge >= 0.3 is 0 Å². The van der Waals surface area contributed by atoms with E-state index in [0.717, 1.165) is 34.3 Å². The normalized spacial score (nSPS) is 12.7. The summed E-state index contributed by atoms with van der Waals surface area (Å²) in [4.78, 5) is 4.69. The Balaban J connectivity index is 1.97. The van der Waals surface area contributed by atoms with Crippen LogP contribution in [0.1, 0.15) is 23.7 Å². The highest BCUT2D eigenvalue weighted by molar-refractivity contribution is 9.10. The lowest BCUT2D eigenvalue weighted by Crippen LogP contribution is -2.06. The first kappa shape index (κ1) is 14.6.